The van der Waals surface area contributed by atoms with Gasteiger partial charge in [0.25, 0.3) is 5.56 Å². The Labute approximate surface area is 113 Å². The number of aromatic nitrogens is 2. The van der Waals surface area contributed by atoms with Crippen molar-refractivity contribution in [2.75, 3.05) is 0 Å². The van der Waals surface area contributed by atoms with Crippen LogP contribution in [0.1, 0.15) is 11.4 Å². The van der Waals surface area contributed by atoms with E-state index in [9.17, 15) is 9.18 Å². The highest BCUT2D eigenvalue weighted by Gasteiger charge is 2.06. The Morgan fingerprint density at radius 3 is 2.67 bits per heavy atom. The van der Waals surface area contributed by atoms with Crippen molar-refractivity contribution < 1.29 is 4.39 Å². The third kappa shape index (κ3) is 2.71. The normalized spacial score (nSPS) is 10.7. The molecule has 0 aliphatic rings. The number of rotatable bonds is 2. The number of nitrogens with zero attached hydrogens (tertiary/aromatic N) is 2. The lowest BCUT2D eigenvalue weighted by atomic mass is 10.2. The third-order valence-electron chi connectivity index (χ3n) is 2.49. The molecule has 2 aromatic rings. The molecule has 0 unspecified atom stereocenters. The maximum atomic E-state index is 13.0. The first kappa shape index (κ1) is 13.1. The van der Waals surface area contributed by atoms with Gasteiger partial charge in [0, 0.05) is 6.07 Å². The summed E-state index contributed by atoms with van der Waals surface area (Å²) in [6.45, 7) is 1.95. The molecular weight excluding hydrogens is 278 g/mol. The molecule has 0 atom stereocenters. The summed E-state index contributed by atoms with van der Waals surface area (Å²) >= 11 is 11.4. The number of benzene rings is 1. The highest BCUT2D eigenvalue weighted by atomic mass is 35.5. The van der Waals surface area contributed by atoms with E-state index in [1.165, 1.54) is 22.8 Å². The van der Waals surface area contributed by atoms with Gasteiger partial charge in [-0.25, -0.2) is 9.37 Å². The van der Waals surface area contributed by atoms with Crippen LogP contribution in [0.5, 0.6) is 0 Å². The summed E-state index contributed by atoms with van der Waals surface area (Å²) in [4.78, 5) is 15.7. The molecule has 1 aromatic heterocycles. The van der Waals surface area contributed by atoms with Gasteiger partial charge in [-0.3, -0.25) is 9.36 Å². The number of hydrogen-bond donors (Lipinski definition) is 0. The fourth-order valence-corrected chi connectivity index (χ4v) is 2.02. The van der Waals surface area contributed by atoms with E-state index in [4.69, 9.17) is 23.2 Å². The van der Waals surface area contributed by atoms with Crippen LogP contribution >= 0.6 is 23.2 Å². The Kier molecular flexibility index (Phi) is 3.68. The van der Waals surface area contributed by atoms with Crippen LogP contribution in [0.3, 0.4) is 0 Å². The van der Waals surface area contributed by atoms with Crippen LogP contribution in [0.2, 0.25) is 10.2 Å². The third-order valence-corrected chi connectivity index (χ3v) is 2.98. The summed E-state index contributed by atoms with van der Waals surface area (Å²) in [5.74, 6) is 0.00617. The van der Waals surface area contributed by atoms with Gasteiger partial charge in [-0.05, 0) is 24.6 Å². The molecule has 0 fully saturated rings. The van der Waals surface area contributed by atoms with Gasteiger partial charge in [-0.2, -0.15) is 0 Å². The van der Waals surface area contributed by atoms with Gasteiger partial charge >= 0.3 is 0 Å². The number of halogens is 3. The summed E-state index contributed by atoms with van der Waals surface area (Å²) in [6, 6.07) is 5.56. The SMILES string of the molecule is Cc1nc(Cl)cc(=O)n1Cc1ccc(F)c(Cl)c1. The maximum absolute atomic E-state index is 13.0. The van der Waals surface area contributed by atoms with E-state index in [0.29, 0.717) is 5.82 Å². The smallest absolute Gasteiger partial charge is 0.255 e. The lowest BCUT2D eigenvalue weighted by Crippen LogP contribution is -2.23. The van der Waals surface area contributed by atoms with Crippen molar-refractivity contribution in [3.63, 3.8) is 0 Å². The van der Waals surface area contributed by atoms with E-state index in [0.717, 1.165) is 5.56 Å². The second-order valence-corrected chi connectivity index (χ2v) is 4.59. The molecule has 6 heteroatoms. The molecule has 94 valence electrons. The second kappa shape index (κ2) is 5.08. The van der Waals surface area contributed by atoms with Gasteiger partial charge in [-0.1, -0.05) is 29.3 Å². The van der Waals surface area contributed by atoms with Crippen LogP contribution in [-0.4, -0.2) is 9.55 Å². The topological polar surface area (TPSA) is 34.9 Å². The van der Waals surface area contributed by atoms with E-state index in [1.807, 2.05) is 0 Å². The van der Waals surface area contributed by atoms with Crippen molar-refractivity contribution in [3.8, 4) is 0 Å². The van der Waals surface area contributed by atoms with Crippen LogP contribution in [0, 0.1) is 12.7 Å². The van der Waals surface area contributed by atoms with Crippen LogP contribution in [0.25, 0.3) is 0 Å². The van der Waals surface area contributed by atoms with Crippen molar-refractivity contribution in [1.29, 1.82) is 0 Å². The van der Waals surface area contributed by atoms with Gasteiger partial charge < -0.3 is 0 Å². The molecule has 0 amide bonds. The van der Waals surface area contributed by atoms with Gasteiger partial charge in [0.05, 0.1) is 11.6 Å². The zero-order chi connectivity index (χ0) is 13.3. The molecular formula is C12H9Cl2FN2O. The van der Waals surface area contributed by atoms with Crippen molar-refractivity contribution in [3.05, 3.63) is 62.0 Å². The van der Waals surface area contributed by atoms with E-state index < -0.39 is 5.82 Å². The van der Waals surface area contributed by atoms with E-state index >= 15 is 0 Å². The fraction of sp³-hybridized carbons (Fsp3) is 0.167. The summed E-state index contributed by atoms with van der Waals surface area (Å²) in [5, 5.41) is 0.186. The molecule has 3 nitrogen and oxygen atoms in total. The summed E-state index contributed by atoms with van der Waals surface area (Å²) < 4.78 is 14.5. The zero-order valence-corrected chi connectivity index (χ0v) is 11.0. The minimum absolute atomic E-state index is 0.0279. The Bertz CT molecular complexity index is 655. The molecule has 1 heterocycles. The Morgan fingerprint density at radius 1 is 1.33 bits per heavy atom. The number of aryl methyl sites for hydroxylation is 1. The van der Waals surface area contributed by atoms with Crippen LogP contribution in [-0.2, 0) is 6.54 Å². The quantitative estimate of drug-likeness (QED) is 0.796. The fourth-order valence-electron chi connectivity index (χ4n) is 1.60. The lowest BCUT2D eigenvalue weighted by Gasteiger charge is -2.09. The van der Waals surface area contributed by atoms with Crippen LogP contribution < -0.4 is 5.56 Å². The highest BCUT2D eigenvalue weighted by molar-refractivity contribution is 6.30. The van der Waals surface area contributed by atoms with Crippen LogP contribution in [0.15, 0.2) is 29.1 Å². The largest absolute Gasteiger partial charge is 0.292 e. The summed E-state index contributed by atoms with van der Waals surface area (Å²) in [6.07, 6.45) is 0. The van der Waals surface area contributed by atoms with Crippen LogP contribution in [0.4, 0.5) is 4.39 Å². The monoisotopic (exact) mass is 286 g/mol. The van der Waals surface area contributed by atoms with Crippen molar-refractivity contribution in [2.45, 2.75) is 13.5 Å². The molecule has 0 N–H and O–H groups in total. The average Bonchev–Trinajstić information content (AvgIpc) is 2.28. The first-order valence-corrected chi connectivity index (χ1v) is 5.91. The van der Waals surface area contributed by atoms with Gasteiger partial charge in [-0.15, -0.1) is 0 Å². The molecule has 0 saturated heterocycles. The molecule has 18 heavy (non-hydrogen) atoms. The predicted molar refractivity (Wildman–Crippen MR) is 68.8 cm³/mol. The zero-order valence-electron chi connectivity index (χ0n) is 9.45. The first-order chi connectivity index (χ1) is 8.47. The molecule has 0 aliphatic carbocycles. The molecule has 1 aromatic carbocycles. The first-order valence-electron chi connectivity index (χ1n) is 5.15. The van der Waals surface area contributed by atoms with E-state index in [2.05, 4.69) is 4.98 Å². The maximum Gasteiger partial charge on any atom is 0.255 e. The average molecular weight is 287 g/mol. The Morgan fingerprint density at radius 2 is 2.06 bits per heavy atom. The Hall–Kier alpha value is -1.39. The van der Waals surface area contributed by atoms with Gasteiger partial charge in [0.2, 0.25) is 0 Å². The molecule has 0 spiro atoms. The van der Waals surface area contributed by atoms with Crippen molar-refractivity contribution in [2.24, 2.45) is 0 Å². The van der Waals surface area contributed by atoms with Crippen molar-refractivity contribution in [1.82, 2.24) is 9.55 Å². The molecule has 0 radical (unpaired) electrons. The molecule has 0 bridgehead atoms. The highest BCUT2D eigenvalue weighted by Crippen LogP contribution is 2.16. The van der Waals surface area contributed by atoms with Gasteiger partial charge in [0.15, 0.2) is 0 Å². The predicted octanol–water partition coefficient (Wildman–Crippen LogP) is 3.05. The summed E-state index contributed by atoms with van der Waals surface area (Å²) in [5.41, 5.74) is 0.462. The molecule has 2 rings (SSSR count). The number of hydrogen-bond acceptors (Lipinski definition) is 2. The van der Waals surface area contributed by atoms with Crippen molar-refractivity contribution >= 4 is 23.2 Å². The molecule has 0 aliphatic heterocycles. The van der Waals surface area contributed by atoms with E-state index in [1.54, 1.807) is 13.0 Å². The minimum atomic E-state index is -0.487. The van der Waals surface area contributed by atoms with E-state index in [-0.39, 0.29) is 22.3 Å². The van der Waals surface area contributed by atoms with Gasteiger partial charge in [0.1, 0.15) is 16.8 Å². The Balaban J connectivity index is 2.40. The lowest BCUT2D eigenvalue weighted by molar-refractivity contribution is 0.625. The minimum Gasteiger partial charge on any atom is -0.292 e. The molecule has 0 saturated carbocycles. The second-order valence-electron chi connectivity index (χ2n) is 3.80. The summed E-state index contributed by atoms with van der Waals surface area (Å²) in [7, 11) is 0. The standard InChI is InChI=1S/C12H9Cl2FN2O/c1-7-16-11(14)5-12(18)17(7)6-8-2-3-10(15)9(13)4-8/h2-5H,6H2,1H3.